The summed E-state index contributed by atoms with van der Waals surface area (Å²) in [6, 6.07) is 12.8. The lowest BCUT2D eigenvalue weighted by atomic mass is 9.92. The van der Waals surface area contributed by atoms with Gasteiger partial charge in [-0.15, -0.1) is 0 Å². The Bertz CT molecular complexity index is 957. The fourth-order valence-electron chi connectivity index (χ4n) is 4.96. The number of nitrogens with zero attached hydrogens (tertiary/aromatic N) is 5. The third kappa shape index (κ3) is 6.50. The number of nitrogens with one attached hydrogen (secondary N) is 2. The van der Waals surface area contributed by atoms with E-state index < -0.39 is 0 Å². The van der Waals surface area contributed by atoms with Crippen LogP contribution < -0.4 is 25.3 Å². The van der Waals surface area contributed by atoms with Gasteiger partial charge >= 0.3 is 0 Å². The van der Waals surface area contributed by atoms with Gasteiger partial charge in [-0.2, -0.15) is 9.97 Å². The number of piperazine rings is 1. The average Bonchev–Trinajstić information content (AvgIpc) is 2.77. The van der Waals surface area contributed by atoms with Gasteiger partial charge in [0.05, 0.1) is 0 Å². The van der Waals surface area contributed by atoms with Gasteiger partial charge in [0, 0.05) is 56.6 Å². The molecule has 184 valence electrons. The second-order valence-electron chi connectivity index (χ2n) is 10.9. The van der Waals surface area contributed by atoms with Crippen LogP contribution in [0.15, 0.2) is 36.4 Å². The van der Waals surface area contributed by atoms with Crippen molar-refractivity contribution in [3.05, 3.63) is 36.4 Å². The molecule has 1 aromatic carbocycles. The maximum atomic E-state index is 5.55. The summed E-state index contributed by atoms with van der Waals surface area (Å²) in [5, 5.41) is 7.11. The Labute approximate surface area is 209 Å². The van der Waals surface area contributed by atoms with E-state index in [2.05, 4.69) is 96.4 Å². The van der Waals surface area contributed by atoms with Crippen LogP contribution in [0.1, 0.15) is 41.0 Å². The van der Waals surface area contributed by atoms with E-state index in [1.54, 1.807) is 0 Å². The van der Waals surface area contributed by atoms with Crippen LogP contribution in [-0.4, -0.2) is 59.9 Å². The van der Waals surface area contributed by atoms with E-state index in [9.17, 15) is 0 Å². The number of anilines is 4. The van der Waals surface area contributed by atoms with Crippen molar-refractivity contribution in [2.45, 2.75) is 46.6 Å². The summed E-state index contributed by atoms with van der Waals surface area (Å²) in [5.74, 6) is 3.80. The minimum atomic E-state index is -0.129. The molecule has 0 bridgehead atoms. The predicted molar refractivity (Wildman–Crippen MR) is 147 cm³/mol. The van der Waals surface area contributed by atoms with E-state index in [0.29, 0.717) is 22.9 Å². The lowest BCUT2D eigenvalue weighted by Crippen LogP contribution is -2.47. The first-order valence-electron chi connectivity index (χ1n) is 12.4. The maximum Gasteiger partial charge on any atom is 0.232 e. The van der Waals surface area contributed by atoms with Crippen molar-refractivity contribution in [1.29, 1.82) is 0 Å². The zero-order valence-corrected chi connectivity index (χ0v) is 22.0. The van der Waals surface area contributed by atoms with Gasteiger partial charge in [0.2, 0.25) is 5.95 Å². The van der Waals surface area contributed by atoms with Crippen LogP contribution in [0.5, 0.6) is 0 Å². The molecule has 2 saturated heterocycles. The number of benzene rings is 1. The standard InChI is InChI=1S/C26H39N7S/c1-19-15-20(2)18-33(17-19)23-16-22(27-24(28-23)29-25(34)30-26(3,4)5)32-13-11-31(12-14-32)21-9-7-6-8-10-21/h6-10,16,19-20H,11-15,17-18H2,1-5H3,(H2,27,28,29,30,34)/t19-,20-/m0/s1. The molecule has 0 aliphatic carbocycles. The topological polar surface area (TPSA) is 59.6 Å². The van der Waals surface area contributed by atoms with Crippen LogP contribution in [-0.2, 0) is 0 Å². The number of rotatable bonds is 4. The first kappa shape index (κ1) is 24.5. The van der Waals surface area contributed by atoms with Gasteiger partial charge in [-0.3, -0.25) is 0 Å². The Kier molecular flexibility index (Phi) is 7.45. The highest BCUT2D eigenvalue weighted by Crippen LogP contribution is 2.29. The van der Waals surface area contributed by atoms with Gasteiger partial charge < -0.3 is 25.3 Å². The van der Waals surface area contributed by atoms with Crippen molar-refractivity contribution >= 4 is 40.6 Å². The number of hydrogen-bond acceptors (Lipinski definition) is 6. The number of para-hydroxylation sites is 1. The molecule has 1 aromatic heterocycles. The molecule has 0 amide bonds. The van der Waals surface area contributed by atoms with Crippen LogP contribution in [0, 0.1) is 11.8 Å². The fraction of sp³-hybridized carbons (Fsp3) is 0.577. The molecule has 2 aliphatic heterocycles. The van der Waals surface area contributed by atoms with Gasteiger partial charge in [-0.25, -0.2) is 0 Å². The van der Waals surface area contributed by atoms with E-state index in [1.807, 2.05) is 0 Å². The molecule has 2 aliphatic rings. The highest BCUT2D eigenvalue weighted by atomic mass is 32.1. The molecular weight excluding hydrogens is 442 g/mol. The smallest absolute Gasteiger partial charge is 0.232 e. The fourth-order valence-corrected chi connectivity index (χ4v) is 5.36. The summed E-state index contributed by atoms with van der Waals surface area (Å²) in [6.45, 7) is 16.7. The van der Waals surface area contributed by atoms with Gasteiger partial charge in [-0.05, 0) is 63.4 Å². The molecule has 2 N–H and O–H groups in total. The minimum absolute atomic E-state index is 0.129. The van der Waals surface area contributed by atoms with E-state index in [4.69, 9.17) is 22.2 Å². The molecule has 0 spiro atoms. The summed E-state index contributed by atoms with van der Waals surface area (Å²) < 4.78 is 0. The zero-order valence-electron chi connectivity index (χ0n) is 21.2. The van der Waals surface area contributed by atoms with E-state index in [1.165, 1.54) is 12.1 Å². The third-order valence-electron chi connectivity index (χ3n) is 6.33. The van der Waals surface area contributed by atoms with Crippen LogP contribution in [0.3, 0.4) is 0 Å². The van der Waals surface area contributed by atoms with Crippen molar-refractivity contribution < 1.29 is 0 Å². The number of piperidine rings is 1. The molecular formula is C26H39N7S. The predicted octanol–water partition coefficient (Wildman–Crippen LogP) is 4.37. The third-order valence-corrected chi connectivity index (χ3v) is 6.53. The Morgan fingerprint density at radius 3 is 2.03 bits per heavy atom. The summed E-state index contributed by atoms with van der Waals surface area (Å²) in [7, 11) is 0. The maximum absolute atomic E-state index is 5.55. The molecule has 2 aromatic rings. The molecule has 3 heterocycles. The Morgan fingerprint density at radius 2 is 1.44 bits per heavy atom. The second-order valence-corrected chi connectivity index (χ2v) is 11.3. The van der Waals surface area contributed by atoms with Crippen LogP contribution in [0.4, 0.5) is 23.3 Å². The molecule has 4 rings (SSSR count). The number of hydrogen-bond donors (Lipinski definition) is 2. The summed E-state index contributed by atoms with van der Waals surface area (Å²) in [5.41, 5.74) is 1.15. The van der Waals surface area contributed by atoms with Crippen molar-refractivity contribution in [2.24, 2.45) is 11.8 Å². The van der Waals surface area contributed by atoms with Gasteiger partial charge in [0.25, 0.3) is 0 Å². The van der Waals surface area contributed by atoms with Crippen LogP contribution >= 0.6 is 12.2 Å². The van der Waals surface area contributed by atoms with Crippen molar-refractivity contribution in [2.75, 3.05) is 59.3 Å². The summed E-state index contributed by atoms with van der Waals surface area (Å²) >= 11 is 5.55. The SMILES string of the molecule is C[C@H]1C[C@H](C)CN(c2cc(N3CCN(c4ccccc4)CC3)nc(NC(=S)NC(C)(C)C)n2)C1. The highest BCUT2D eigenvalue weighted by Gasteiger charge is 2.26. The van der Waals surface area contributed by atoms with Crippen molar-refractivity contribution in [1.82, 2.24) is 15.3 Å². The highest BCUT2D eigenvalue weighted by molar-refractivity contribution is 7.80. The number of aromatic nitrogens is 2. The van der Waals surface area contributed by atoms with Gasteiger partial charge in [-0.1, -0.05) is 32.0 Å². The first-order chi connectivity index (χ1) is 16.2. The monoisotopic (exact) mass is 481 g/mol. The second kappa shape index (κ2) is 10.3. The molecule has 8 heteroatoms. The zero-order chi connectivity index (χ0) is 24.3. The summed E-state index contributed by atoms with van der Waals surface area (Å²) in [4.78, 5) is 17.0. The Morgan fingerprint density at radius 1 is 0.882 bits per heavy atom. The lowest BCUT2D eigenvalue weighted by Gasteiger charge is -2.38. The first-order valence-corrected chi connectivity index (χ1v) is 12.9. The van der Waals surface area contributed by atoms with Crippen LogP contribution in [0.2, 0.25) is 0 Å². The molecule has 0 radical (unpaired) electrons. The molecule has 0 unspecified atom stereocenters. The Hall–Kier alpha value is -2.61. The Balaban J connectivity index is 1.55. The summed E-state index contributed by atoms with van der Waals surface area (Å²) in [6.07, 6.45) is 1.26. The molecule has 2 fully saturated rings. The van der Waals surface area contributed by atoms with E-state index in [-0.39, 0.29) is 5.54 Å². The quantitative estimate of drug-likeness (QED) is 0.625. The van der Waals surface area contributed by atoms with Gasteiger partial charge in [0.15, 0.2) is 5.11 Å². The average molecular weight is 482 g/mol. The van der Waals surface area contributed by atoms with Crippen molar-refractivity contribution in [3.63, 3.8) is 0 Å². The van der Waals surface area contributed by atoms with E-state index >= 15 is 0 Å². The minimum Gasteiger partial charge on any atom is -0.368 e. The molecule has 34 heavy (non-hydrogen) atoms. The largest absolute Gasteiger partial charge is 0.368 e. The van der Waals surface area contributed by atoms with Gasteiger partial charge in [0.1, 0.15) is 11.6 Å². The molecule has 0 saturated carbocycles. The number of thiocarbonyl (C=S) groups is 1. The van der Waals surface area contributed by atoms with Crippen molar-refractivity contribution in [3.8, 4) is 0 Å². The van der Waals surface area contributed by atoms with Crippen LogP contribution in [0.25, 0.3) is 0 Å². The van der Waals surface area contributed by atoms with E-state index in [0.717, 1.165) is 50.9 Å². The lowest BCUT2D eigenvalue weighted by molar-refractivity contribution is 0.355. The normalized spacial score (nSPS) is 21.4. The molecule has 7 nitrogen and oxygen atoms in total. The molecule has 2 atom stereocenters.